The predicted molar refractivity (Wildman–Crippen MR) is 66.6 cm³/mol. The molecule has 0 atom stereocenters. The second kappa shape index (κ2) is 4.70. The van der Waals surface area contributed by atoms with E-state index in [2.05, 4.69) is 0 Å². The summed E-state index contributed by atoms with van der Waals surface area (Å²) in [6.07, 6.45) is -0.172. The molecule has 0 N–H and O–H groups in total. The minimum atomic E-state index is -0.702. The maximum atomic E-state index is 11.0. The van der Waals surface area contributed by atoms with E-state index in [0.717, 1.165) is 6.07 Å². The molecule has 0 spiro atoms. The van der Waals surface area contributed by atoms with Crippen LogP contribution in [0.5, 0.6) is 0 Å². The fourth-order valence-corrected chi connectivity index (χ4v) is 1.98. The van der Waals surface area contributed by atoms with Gasteiger partial charge in [0.05, 0.1) is 39.4 Å². The van der Waals surface area contributed by atoms with Crippen molar-refractivity contribution in [3.8, 4) is 6.07 Å². The van der Waals surface area contributed by atoms with Gasteiger partial charge in [-0.3, -0.25) is 20.2 Å². The summed E-state index contributed by atoms with van der Waals surface area (Å²) in [5, 5.41) is 31.4. The first-order valence-corrected chi connectivity index (χ1v) is 5.26. The highest BCUT2D eigenvalue weighted by Crippen LogP contribution is 2.35. The molecule has 7 nitrogen and oxygen atoms in total. The van der Waals surface area contributed by atoms with E-state index in [0.29, 0.717) is 10.8 Å². The molecular formula is C12H7N3O4. The molecule has 94 valence electrons. The summed E-state index contributed by atoms with van der Waals surface area (Å²) >= 11 is 0. The van der Waals surface area contributed by atoms with Crippen LogP contribution in [0, 0.1) is 31.6 Å². The van der Waals surface area contributed by atoms with Crippen LogP contribution in [0.15, 0.2) is 30.3 Å². The summed E-state index contributed by atoms with van der Waals surface area (Å²) in [6, 6.07) is 9.04. The van der Waals surface area contributed by atoms with Crippen molar-refractivity contribution in [3.05, 3.63) is 56.1 Å². The molecule has 2 aromatic carbocycles. The van der Waals surface area contributed by atoms with Gasteiger partial charge in [0.15, 0.2) is 0 Å². The molecule has 0 aliphatic rings. The third-order valence-corrected chi connectivity index (χ3v) is 2.76. The van der Waals surface area contributed by atoms with Crippen LogP contribution in [0.25, 0.3) is 10.8 Å². The number of hydrogen-bond acceptors (Lipinski definition) is 5. The smallest absolute Gasteiger partial charge is 0.258 e. The lowest BCUT2D eigenvalue weighted by Crippen LogP contribution is -1.99. The van der Waals surface area contributed by atoms with Crippen LogP contribution in [0.3, 0.4) is 0 Å². The van der Waals surface area contributed by atoms with E-state index >= 15 is 0 Å². The minimum absolute atomic E-state index is 0.172. The van der Waals surface area contributed by atoms with Gasteiger partial charge in [-0.25, -0.2) is 0 Å². The lowest BCUT2D eigenvalue weighted by atomic mass is 9.99. The van der Waals surface area contributed by atoms with Crippen LogP contribution in [0.2, 0.25) is 0 Å². The van der Waals surface area contributed by atoms with E-state index in [1.807, 2.05) is 6.07 Å². The molecule has 0 heterocycles. The van der Waals surface area contributed by atoms with Crippen molar-refractivity contribution in [3.63, 3.8) is 0 Å². The van der Waals surface area contributed by atoms with Gasteiger partial charge in [-0.05, 0) is 11.5 Å². The number of benzene rings is 2. The van der Waals surface area contributed by atoms with Crippen LogP contribution in [-0.4, -0.2) is 9.85 Å². The van der Waals surface area contributed by atoms with Crippen molar-refractivity contribution in [2.45, 2.75) is 6.42 Å². The van der Waals surface area contributed by atoms with Crippen LogP contribution < -0.4 is 0 Å². The maximum absolute atomic E-state index is 11.0. The molecule has 0 aromatic heterocycles. The van der Waals surface area contributed by atoms with Gasteiger partial charge in [-0.1, -0.05) is 18.2 Å². The Morgan fingerprint density at radius 2 is 1.63 bits per heavy atom. The quantitative estimate of drug-likeness (QED) is 0.620. The van der Waals surface area contributed by atoms with Crippen LogP contribution in [0.1, 0.15) is 5.56 Å². The molecule has 0 radical (unpaired) electrons. The van der Waals surface area contributed by atoms with Gasteiger partial charge in [0.2, 0.25) is 0 Å². The van der Waals surface area contributed by atoms with Crippen molar-refractivity contribution in [1.29, 1.82) is 5.26 Å². The Bertz CT molecular complexity index is 734. The normalized spacial score (nSPS) is 10.1. The fourth-order valence-electron chi connectivity index (χ4n) is 1.98. The summed E-state index contributed by atoms with van der Waals surface area (Å²) in [5.41, 5.74) is -0.523. The Hall–Kier alpha value is -3.01. The zero-order valence-corrected chi connectivity index (χ0v) is 9.57. The first-order chi connectivity index (χ1) is 9.06. The second-order valence-corrected chi connectivity index (χ2v) is 3.79. The average Bonchev–Trinajstić information content (AvgIpc) is 2.38. The zero-order valence-electron chi connectivity index (χ0n) is 9.57. The molecule has 2 aromatic rings. The molecule has 0 unspecified atom stereocenters. The van der Waals surface area contributed by atoms with Gasteiger partial charge in [0, 0.05) is 0 Å². The topological polar surface area (TPSA) is 110 Å². The van der Waals surface area contributed by atoms with Gasteiger partial charge in [-0.15, -0.1) is 0 Å². The maximum Gasteiger partial charge on any atom is 0.284 e. The van der Waals surface area contributed by atoms with Crippen LogP contribution >= 0.6 is 0 Å². The Morgan fingerprint density at radius 3 is 2.16 bits per heavy atom. The minimum Gasteiger partial charge on any atom is -0.258 e. The molecule has 2 rings (SSSR count). The molecule has 7 heteroatoms. The molecule has 0 aliphatic heterocycles. The van der Waals surface area contributed by atoms with E-state index in [1.165, 1.54) is 6.07 Å². The zero-order chi connectivity index (χ0) is 14.0. The van der Waals surface area contributed by atoms with Gasteiger partial charge in [-0.2, -0.15) is 5.26 Å². The highest BCUT2D eigenvalue weighted by Gasteiger charge is 2.24. The molecular weight excluding hydrogens is 250 g/mol. The van der Waals surface area contributed by atoms with Crippen LogP contribution in [-0.2, 0) is 6.42 Å². The van der Waals surface area contributed by atoms with Crippen molar-refractivity contribution < 1.29 is 9.85 Å². The van der Waals surface area contributed by atoms with Crippen molar-refractivity contribution in [2.24, 2.45) is 0 Å². The summed E-state index contributed by atoms with van der Waals surface area (Å²) in [7, 11) is 0. The number of nitro benzene ring substituents is 2. The number of non-ortho nitro benzene ring substituents is 1. The molecule has 0 amide bonds. The SMILES string of the molecule is N#CCc1c([N+](=O)[O-])cc([N+](=O)[O-])c2ccccc12. The van der Waals surface area contributed by atoms with E-state index in [4.69, 9.17) is 5.26 Å². The highest BCUT2D eigenvalue weighted by atomic mass is 16.6. The lowest BCUT2D eigenvalue weighted by Gasteiger charge is -2.05. The number of nitrogens with zero attached hydrogens (tertiary/aromatic N) is 3. The summed E-state index contributed by atoms with van der Waals surface area (Å²) < 4.78 is 0. The first-order valence-electron chi connectivity index (χ1n) is 5.26. The van der Waals surface area contributed by atoms with Crippen molar-refractivity contribution in [1.82, 2.24) is 0 Å². The molecule has 0 aliphatic carbocycles. The largest absolute Gasteiger partial charge is 0.284 e. The van der Waals surface area contributed by atoms with Gasteiger partial charge in [0.1, 0.15) is 0 Å². The molecule has 0 fully saturated rings. The number of rotatable bonds is 3. The van der Waals surface area contributed by atoms with E-state index in [9.17, 15) is 20.2 Å². The average molecular weight is 257 g/mol. The first kappa shape index (κ1) is 12.4. The Balaban J connectivity index is 2.94. The number of nitriles is 1. The predicted octanol–water partition coefficient (Wildman–Crippen LogP) is 2.72. The van der Waals surface area contributed by atoms with Gasteiger partial charge in [0.25, 0.3) is 11.4 Å². The third kappa shape index (κ3) is 2.07. The van der Waals surface area contributed by atoms with Crippen molar-refractivity contribution in [2.75, 3.05) is 0 Å². The second-order valence-electron chi connectivity index (χ2n) is 3.79. The van der Waals surface area contributed by atoms with E-state index in [1.54, 1.807) is 18.2 Å². The molecule has 0 bridgehead atoms. The third-order valence-electron chi connectivity index (χ3n) is 2.76. The number of fused-ring (bicyclic) bond motifs is 1. The van der Waals surface area contributed by atoms with Gasteiger partial charge >= 0.3 is 0 Å². The van der Waals surface area contributed by atoms with Gasteiger partial charge < -0.3 is 0 Å². The summed E-state index contributed by atoms with van der Waals surface area (Å²) in [4.78, 5) is 20.6. The Kier molecular flexibility index (Phi) is 3.08. The Morgan fingerprint density at radius 1 is 1.05 bits per heavy atom. The summed E-state index contributed by atoms with van der Waals surface area (Å²) in [5.74, 6) is 0. The van der Waals surface area contributed by atoms with Crippen LogP contribution in [0.4, 0.5) is 11.4 Å². The Labute approximate surface area is 107 Å². The van der Waals surface area contributed by atoms with Crippen molar-refractivity contribution >= 4 is 22.1 Å². The molecule has 19 heavy (non-hydrogen) atoms. The number of hydrogen-bond donors (Lipinski definition) is 0. The van der Waals surface area contributed by atoms with E-state index in [-0.39, 0.29) is 17.7 Å². The monoisotopic (exact) mass is 257 g/mol. The molecule has 0 saturated carbocycles. The fraction of sp³-hybridized carbons (Fsp3) is 0.0833. The number of nitro groups is 2. The molecule has 0 saturated heterocycles. The lowest BCUT2D eigenvalue weighted by molar-refractivity contribution is -0.393. The van der Waals surface area contributed by atoms with E-state index < -0.39 is 15.5 Å². The highest BCUT2D eigenvalue weighted by molar-refractivity contribution is 5.96. The standard InChI is InChI=1S/C12H7N3O4/c13-6-5-10-8-3-1-2-4-9(8)11(14(16)17)7-12(10)15(18)19/h1-4,7H,5H2. The summed E-state index contributed by atoms with van der Waals surface area (Å²) in [6.45, 7) is 0.